The van der Waals surface area contributed by atoms with Crippen LogP contribution in [-0.4, -0.2) is 41.4 Å². The molecule has 1 saturated heterocycles. The smallest absolute Gasteiger partial charge is 0.317 e. The lowest BCUT2D eigenvalue weighted by Gasteiger charge is -2.26. The van der Waals surface area contributed by atoms with Gasteiger partial charge in [-0.3, -0.25) is 10.2 Å². The van der Waals surface area contributed by atoms with E-state index in [9.17, 15) is 9.59 Å². The van der Waals surface area contributed by atoms with Crippen molar-refractivity contribution in [2.75, 3.05) is 24.6 Å². The highest BCUT2D eigenvalue weighted by Gasteiger charge is 2.15. The maximum atomic E-state index is 11.9. The van der Waals surface area contributed by atoms with E-state index in [2.05, 4.69) is 10.7 Å². The van der Waals surface area contributed by atoms with Crippen molar-refractivity contribution in [3.05, 3.63) is 35.4 Å². The molecule has 0 aliphatic carbocycles. The second-order valence-electron chi connectivity index (χ2n) is 4.43. The number of nitrogens with one attached hydrogen (secondary N) is 2. The Labute approximate surface area is 122 Å². The quantitative estimate of drug-likeness (QED) is 0.431. The van der Waals surface area contributed by atoms with Crippen LogP contribution in [0.4, 0.5) is 4.79 Å². The van der Waals surface area contributed by atoms with E-state index in [0.29, 0.717) is 12.1 Å². The van der Waals surface area contributed by atoms with Gasteiger partial charge in [0, 0.05) is 36.7 Å². The Bertz CT molecular complexity index is 472. The van der Waals surface area contributed by atoms with Gasteiger partial charge in [0.2, 0.25) is 0 Å². The van der Waals surface area contributed by atoms with E-state index in [0.717, 1.165) is 30.2 Å². The first-order chi connectivity index (χ1) is 9.70. The third-order valence-corrected chi connectivity index (χ3v) is 4.03. The Kier molecular flexibility index (Phi) is 5.25. The molecule has 6 nitrogen and oxygen atoms in total. The molecule has 0 radical (unpaired) electrons. The fourth-order valence-electron chi connectivity index (χ4n) is 1.91. The number of nitrogen functional groups attached to an aromatic ring is 1. The van der Waals surface area contributed by atoms with E-state index in [1.807, 2.05) is 16.7 Å². The molecule has 1 aliphatic heterocycles. The van der Waals surface area contributed by atoms with Crippen LogP contribution in [0.1, 0.15) is 15.9 Å². The predicted molar refractivity (Wildman–Crippen MR) is 79.2 cm³/mol. The summed E-state index contributed by atoms with van der Waals surface area (Å²) in [4.78, 5) is 25.0. The Balaban J connectivity index is 1.84. The first-order valence-corrected chi connectivity index (χ1v) is 7.56. The topological polar surface area (TPSA) is 87.5 Å². The van der Waals surface area contributed by atoms with Crippen molar-refractivity contribution >= 4 is 23.7 Å². The molecule has 1 aromatic rings. The van der Waals surface area contributed by atoms with Crippen molar-refractivity contribution in [1.29, 1.82) is 0 Å². The lowest BCUT2D eigenvalue weighted by Crippen LogP contribution is -2.44. The Morgan fingerprint density at radius 1 is 1.20 bits per heavy atom. The minimum atomic E-state index is -0.327. The zero-order chi connectivity index (χ0) is 14.4. The van der Waals surface area contributed by atoms with E-state index in [4.69, 9.17) is 5.84 Å². The summed E-state index contributed by atoms with van der Waals surface area (Å²) in [5.74, 6) is 6.72. The molecule has 0 spiro atoms. The molecule has 0 bridgehead atoms. The van der Waals surface area contributed by atoms with Crippen LogP contribution in [0, 0.1) is 0 Å². The van der Waals surface area contributed by atoms with Crippen LogP contribution < -0.4 is 16.6 Å². The second kappa shape index (κ2) is 7.16. The van der Waals surface area contributed by atoms with Crippen molar-refractivity contribution in [2.45, 2.75) is 6.54 Å². The molecule has 20 heavy (non-hydrogen) atoms. The molecule has 3 amide bonds. The number of amides is 3. The van der Waals surface area contributed by atoms with Crippen molar-refractivity contribution in [2.24, 2.45) is 5.84 Å². The highest BCUT2D eigenvalue weighted by atomic mass is 32.2. The van der Waals surface area contributed by atoms with Crippen LogP contribution in [0.2, 0.25) is 0 Å². The first kappa shape index (κ1) is 14.7. The first-order valence-electron chi connectivity index (χ1n) is 6.41. The van der Waals surface area contributed by atoms with E-state index < -0.39 is 0 Å². The number of rotatable bonds is 3. The third kappa shape index (κ3) is 3.88. The molecule has 0 saturated carbocycles. The van der Waals surface area contributed by atoms with Gasteiger partial charge in [0.05, 0.1) is 0 Å². The Morgan fingerprint density at radius 2 is 1.85 bits per heavy atom. The van der Waals surface area contributed by atoms with Crippen LogP contribution in [0.3, 0.4) is 0 Å². The number of urea groups is 1. The molecular weight excluding hydrogens is 276 g/mol. The summed E-state index contributed by atoms with van der Waals surface area (Å²) < 4.78 is 0. The number of carbonyl (C=O) groups excluding carboxylic acids is 2. The number of benzene rings is 1. The van der Waals surface area contributed by atoms with Gasteiger partial charge in [-0.25, -0.2) is 10.6 Å². The van der Waals surface area contributed by atoms with Crippen LogP contribution in [0.5, 0.6) is 0 Å². The average molecular weight is 294 g/mol. The van der Waals surface area contributed by atoms with Gasteiger partial charge in [-0.1, -0.05) is 12.1 Å². The summed E-state index contributed by atoms with van der Waals surface area (Å²) in [6.45, 7) is 2.05. The number of nitrogens with zero attached hydrogens (tertiary/aromatic N) is 1. The summed E-state index contributed by atoms with van der Waals surface area (Å²) in [5.41, 5.74) is 3.52. The standard InChI is InChI=1S/C13H18N4O2S/c14-16-12(18)11-3-1-10(2-4-11)9-15-13(19)17-5-7-20-8-6-17/h1-4H,5-9,14H2,(H,15,19)(H,16,18). The molecule has 0 atom stereocenters. The average Bonchev–Trinajstić information content (AvgIpc) is 2.53. The minimum absolute atomic E-state index is 0.0333. The molecule has 1 heterocycles. The molecule has 1 fully saturated rings. The molecular formula is C13H18N4O2S. The van der Waals surface area contributed by atoms with Crippen molar-refractivity contribution < 1.29 is 9.59 Å². The highest BCUT2D eigenvalue weighted by molar-refractivity contribution is 7.99. The largest absolute Gasteiger partial charge is 0.334 e. The molecule has 0 unspecified atom stereocenters. The lowest BCUT2D eigenvalue weighted by molar-refractivity contribution is 0.0953. The highest BCUT2D eigenvalue weighted by Crippen LogP contribution is 2.09. The van der Waals surface area contributed by atoms with Gasteiger partial charge in [0.15, 0.2) is 0 Å². The fraction of sp³-hybridized carbons (Fsp3) is 0.385. The molecule has 1 aromatic carbocycles. The fourth-order valence-corrected chi connectivity index (χ4v) is 2.82. The zero-order valence-corrected chi connectivity index (χ0v) is 11.9. The predicted octanol–water partition coefficient (Wildman–Crippen LogP) is 0.549. The van der Waals surface area contributed by atoms with Crippen LogP contribution in [0.25, 0.3) is 0 Å². The van der Waals surface area contributed by atoms with Gasteiger partial charge in [-0.15, -0.1) is 0 Å². The molecule has 2 rings (SSSR count). The second-order valence-corrected chi connectivity index (χ2v) is 5.65. The van der Waals surface area contributed by atoms with Crippen molar-refractivity contribution in [1.82, 2.24) is 15.6 Å². The lowest BCUT2D eigenvalue weighted by atomic mass is 10.1. The maximum Gasteiger partial charge on any atom is 0.317 e. The summed E-state index contributed by atoms with van der Waals surface area (Å²) in [5, 5.41) is 2.88. The normalized spacial score (nSPS) is 14.8. The Morgan fingerprint density at radius 3 is 2.45 bits per heavy atom. The number of hydrogen-bond donors (Lipinski definition) is 3. The van der Waals surface area contributed by atoms with Gasteiger partial charge in [0.1, 0.15) is 0 Å². The molecule has 4 N–H and O–H groups in total. The molecule has 108 valence electrons. The summed E-state index contributed by atoms with van der Waals surface area (Å²) >= 11 is 1.87. The monoisotopic (exact) mass is 294 g/mol. The van der Waals surface area contributed by atoms with E-state index in [-0.39, 0.29) is 11.9 Å². The third-order valence-electron chi connectivity index (χ3n) is 3.09. The van der Waals surface area contributed by atoms with Crippen molar-refractivity contribution in [3.8, 4) is 0 Å². The zero-order valence-electron chi connectivity index (χ0n) is 11.1. The van der Waals surface area contributed by atoms with Crippen LogP contribution in [-0.2, 0) is 6.54 Å². The number of thioether (sulfide) groups is 1. The van der Waals surface area contributed by atoms with Gasteiger partial charge >= 0.3 is 6.03 Å². The summed E-state index contributed by atoms with van der Waals surface area (Å²) in [6, 6.07) is 6.94. The summed E-state index contributed by atoms with van der Waals surface area (Å²) in [6.07, 6.45) is 0. The Hall–Kier alpha value is -1.73. The van der Waals surface area contributed by atoms with Gasteiger partial charge in [0.25, 0.3) is 5.91 Å². The van der Waals surface area contributed by atoms with E-state index >= 15 is 0 Å². The van der Waals surface area contributed by atoms with E-state index in [1.54, 1.807) is 24.3 Å². The van der Waals surface area contributed by atoms with Crippen molar-refractivity contribution in [3.63, 3.8) is 0 Å². The number of hydrazine groups is 1. The molecule has 7 heteroatoms. The molecule has 0 aromatic heterocycles. The number of hydrogen-bond acceptors (Lipinski definition) is 4. The maximum absolute atomic E-state index is 11.9. The summed E-state index contributed by atoms with van der Waals surface area (Å²) in [7, 11) is 0. The SMILES string of the molecule is NNC(=O)c1ccc(CNC(=O)N2CCSCC2)cc1. The number of carbonyl (C=O) groups is 2. The van der Waals surface area contributed by atoms with Crippen LogP contribution in [0.15, 0.2) is 24.3 Å². The van der Waals surface area contributed by atoms with Gasteiger partial charge in [-0.05, 0) is 17.7 Å². The van der Waals surface area contributed by atoms with Crippen LogP contribution >= 0.6 is 11.8 Å². The number of nitrogens with two attached hydrogens (primary N) is 1. The van der Waals surface area contributed by atoms with E-state index in [1.165, 1.54) is 0 Å². The van der Waals surface area contributed by atoms with Gasteiger partial charge < -0.3 is 10.2 Å². The minimum Gasteiger partial charge on any atom is -0.334 e. The van der Waals surface area contributed by atoms with Gasteiger partial charge in [-0.2, -0.15) is 11.8 Å². The molecule has 1 aliphatic rings.